The Labute approximate surface area is 178 Å². The van der Waals surface area contributed by atoms with E-state index in [0.717, 1.165) is 24.7 Å². The summed E-state index contributed by atoms with van der Waals surface area (Å²) in [7, 11) is 1.50. The van der Waals surface area contributed by atoms with Crippen molar-refractivity contribution in [3.63, 3.8) is 0 Å². The largest absolute Gasteiger partial charge is 0.449 e. The molecule has 172 valence electrons. The fourth-order valence-corrected chi connectivity index (χ4v) is 3.70. The van der Waals surface area contributed by atoms with Crippen LogP contribution in [0.3, 0.4) is 0 Å². The number of nitrogens with one attached hydrogen (secondary N) is 2. The molecular weight excluding hydrogens is 392 g/mol. The molecule has 9 nitrogen and oxygen atoms in total. The molecule has 2 rings (SSSR count). The molecule has 2 amide bonds. The smallest absolute Gasteiger partial charge is 0.407 e. The molecule has 1 fully saturated rings. The highest BCUT2D eigenvalue weighted by molar-refractivity contribution is 5.67. The minimum Gasteiger partial charge on any atom is -0.449 e. The predicted octanol–water partition coefficient (Wildman–Crippen LogP) is 2.11. The number of ether oxygens (including phenoxy) is 5. The zero-order valence-electron chi connectivity index (χ0n) is 17.9. The molecule has 0 bridgehead atoms. The maximum Gasteiger partial charge on any atom is 0.407 e. The molecule has 1 unspecified atom stereocenters. The van der Waals surface area contributed by atoms with Gasteiger partial charge in [0.15, 0.2) is 0 Å². The van der Waals surface area contributed by atoms with Crippen LogP contribution in [0, 0.1) is 17.8 Å². The van der Waals surface area contributed by atoms with Gasteiger partial charge in [-0.1, -0.05) is 12.2 Å². The van der Waals surface area contributed by atoms with Crippen LogP contribution in [0.25, 0.3) is 0 Å². The van der Waals surface area contributed by atoms with E-state index in [1.54, 1.807) is 0 Å². The number of rotatable bonds is 14. The number of hydrogen-bond donors (Lipinski definition) is 2. The second-order valence-corrected chi connectivity index (χ2v) is 7.37. The normalized spacial score (nSPS) is 23.4. The molecule has 0 saturated heterocycles. The van der Waals surface area contributed by atoms with Crippen molar-refractivity contribution in [3.8, 4) is 0 Å². The van der Waals surface area contributed by atoms with E-state index < -0.39 is 6.09 Å². The van der Waals surface area contributed by atoms with Crippen LogP contribution in [-0.4, -0.2) is 78.6 Å². The zero-order valence-corrected chi connectivity index (χ0v) is 17.9. The van der Waals surface area contributed by atoms with E-state index in [0.29, 0.717) is 58.7 Å². The van der Waals surface area contributed by atoms with Crippen LogP contribution in [0.15, 0.2) is 12.2 Å². The van der Waals surface area contributed by atoms with E-state index in [-0.39, 0.29) is 12.7 Å². The molecule has 0 aliphatic heterocycles. The third-order valence-electron chi connectivity index (χ3n) is 5.34. The van der Waals surface area contributed by atoms with Crippen LogP contribution in [0.2, 0.25) is 0 Å². The number of carbonyl (C=O) groups excluding carboxylic acids is 2. The van der Waals surface area contributed by atoms with Crippen molar-refractivity contribution in [2.45, 2.75) is 25.7 Å². The Hall–Kier alpha value is -1.84. The van der Waals surface area contributed by atoms with Gasteiger partial charge < -0.3 is 34.3 Å². The molecule has 9 heteroatoms. The average Bonchev–Trinajstić information content (AvgIpc) is 3.38. The van der Waals surface area contributed by atoms with E-state index in [1.807, 2.05) is 0 Å². The number of carbonyl (C=O) groups is 2. The minimum absolute atomic E-state index is 0.206. The maximum atomic E-state index is 11.8. The lowest BCUT2D eigenvalue weighted by atomic mass is 10.1. The summed E-state index contributed by atoms with van der Waals surface area (Å²) in [5.41, 5.74) is 0. The Morgan fingerprint density at radius 1 is 0.800 bits per heavy atom. The molecule has 2 aliphatic rings. The van der Waals surface area contributed by atoms with Crippen LogP contribution < -0.4 is 10.6 Å². The number of fused-ring (bicyclic) bond motifs is 1. The third-order valence-corrected chi connectivity index (χ3v) is 5.34. The highest BCUT2D eigenvalue weighted by Gasteiger charge is 2.49. The van der Waals surface area contributed by atoms with E-state index in [2.05, 4.69) is 22.8 Å². The molecule has 0 radical (unpaired) electrons. The topological polar surface area (TPSA) is 104 Å². The van der Waals surface area contributed by atoms with Crippen molar-refractivity contribution in [1.29, 1.82) is 0 Å². The molecular formula is C21H36N2O7. The van der Waals surface area contributed by atoms with Crippen LogP contribution >= 0.6 is 0 Å². The van der Waals surface area contributed by atoms with Crippen molar-refractivity contribution in [2.24, 2.45) is 17.8 Å². The Bertz CT molecular complexity index is 513. The van der Waals surface area contributed by atoms with E-state index in [9.17, 15) is 9.59 Å². The lowest BCUT2D eigenvalue weighted by molar-refractivity contribution is 0.00622. The van der Waals surface area contributed by atoms with Gasteiger partial charge in [0.1, 0.15) is 6.61 Å². The molecule has 0 aromatic carbocycles. The summed E-state index contributed by atoms with van der Waals surface area (Å²) in [6.45, 7) is 3.62. The molecule has 30 heavy (non-hydrogen) atoms. The van der Waals surface area contributed by atoms with Gasteiger partial charge in [0.05, 0.1) is 46.2 Å². The van der Waals surface area contributed by atoms with Crippen LogP contribution in [-0.2, 0) is 23.7 Å². The first-order chi connectivity index (χ1) is 14.7. The van der Waals surface area contributed by atoms with E-state index >= 15 is 0 Å². The van der Waals surface area contributed by atoms with Gasteiger partial charge in [-0.25, -0.2) is 9.59 Å². The number of allylic oxidation sites excluding steroid dienone is 2. The summed E-state index contributed by atoms with van der Waals surface area (Å²) in [4.78, 5) is 22.6. The molecule has 0 aromatic rings. The number of amides is 2. The van der Waals surface area contributed by atoms with Crippen molar-refractivity contribution >= 4 is 12.2 Å². The monoisotopic (exact) mass is 428 g/mol. The fraction of sp³-hybridized carbons (Fsp3) is 0.810. The minimum atomic E-state index is -0.473. The summed E-state index contributed by atoms with van der Waals surface area (Å²) in [6, 6.07) is 0. The first kappa shape index (κ1) is 24.4. The van der Waals surface area contributed by atoms with Crippen LogP contribution in [0.4, 0.5) is 9.59 Å². The molecule has 1 saturated carbocycles. The molecule has 0 heterocycles. The Morgan fingerprint density at radius 2 is 1.37 bits per heavy atom. The highest BCUT2D eigenvalue weighted by Crippen LogP contribution is 2.52. The molecule has 0 aromatic heterocycles. The maximum absolute atomic E-state index is 11.8. The van der Waals surface area contributed by atoms with Gasteiger partial charge >= 0.3 is 12.2 Å². The van der Waals surface area contributed by atoms with Gasteiger partial charge in [0, 0.05) is 13.6 Å². The first-order valence-corrected chi connectivity index (χ1v) is 10.9. The zero-order chi connectivity index (χ0) is 21.4. The van der Waals surface area contributed by atoms with Crippen molar-refractivity contribution in [3.05, 3.63) is 12.2 Å². The van der Waals surface area contributed by atoms with Gasteiger partial charge in [-0.05, 0) is 43.4 Å². The molecule has 3 atom stereocenters. The quantitative estimate of drug-likeness (QED) is 0.322. The second kappa shape index (κ2) is 15.0. The van der Waals surface area contributed by atoms with E-state index in [4.69, 9.17) is 23.7 Å². The first-order valence-electron chi connectivity index (χ1n) is 10.9. The molecule has 2 N–H and O–H groups in total. The Kier molecular flexibility index (Phi) is 12.2. The molecule has 2 aliphatic carbocycles. The Morgan fingerprint density at radius 3 is 1.97 bits per heavy atom. The lowest BCUT2D eigenvalue weighted by Crippen LogP contribution is -2.29. The fourth-order valence-electron chi connectivity index (χ4n) is 3.70. The van der Waals surface area contributed by atoms with Gasteiger partial charge in [0.2, 0.25) is 0 Å². The predicted molar refractivity (Wildman–Crippen MR) is 110 cm³/mol. The van der Waals surface area contributed by atoms with Crippen molar-refractivity contribution in [1.82, 2.24) is 10.6 Å². The average molecular weight is 429 g/mol. The van der Waals surface area contributed by atoms with Crippen LogP contribution in [0.1, 0.15) is 25.7 Å². The SMILES string of the molecule is CNC(=O)OCCOCCOCCOCCNC(=O)OCC1[C@H]2CC/C=C\CC[C@@H]12. The standard InChI is InChI=1S/C21H36N2O7/c1-22-20(24)29-15-14-28-13-12-27-11-10-26-9-8-23-21(25)30-16-19-17-6-4-2-3-5-7-18(17)19/h2-3,17-19H,4-16H2,1H3,(H,22,24)(H,23,25)/b3-2-/t17-,18+,19?. The Balaban J connectivity index is 1.31. The summed E-state index contributed by atoms with van der Waals surface area (Å²) in [5, 5.41) is 5.06. The highest BCUT2D eigenvalue weighted by atomic mass is 16.6. The van der Waals surface area contributed by atoms with Gasteiger partial charge in [0.25, 0.3) is 0 Å². The third kappa shape index (κ3) is 10.3. The summed E-state index contributed by atoms with van der Waals surface area (Å²) in [5.74, 6) is 2.00. The summed E-state index contributed by atoms with van der Waals surface area (Å²) in [6.07, 6.45) is 8.41. The van der Waals surface area contributed by atoms with Crippen LogP contribution in [0.5, 0.6) is 0 Å². The van der Waals surface area contributed by atoms with Gasteiger partial charge in [-0.15, -0.1) is 0 Å². The van der Waals surface area contributed by atoms with Crippen molar-refractivity contribution < 1.29 is 33.3 Å². The number of hydrogen-bond acceptors (Lipinski definition) is 7. The lowest BCUT2D eigenvalue weighted by Gasteiger charge is -2.08. The van der Waals surface area contributed by atoms with E-state index in [1.165, 1.54) is 19.9 Å². The van der Waals surface area contributed by atoms with Crippen molar-refractivity contribution in [2.75, 3.05) is 66.4 Å². The summed E-state index contributed by atoms with van der Waals surface area (Å²) >= 11 is 0. The molecule has 0 spiro atoms. The van der Waals surface area contributed by atoms with Gasteiger partial charge in [-0.3, -0.25) is 0 Å². The van der Waals surface area contributed by atoms with Gasteiger partial charge in [-0.2, -0.15) is 0 Å². The number of alkyl carbamates (subject to hydrolysis) is 2. The second-order valence-electron chi connectivity index (χ2n) is 7.37. The summed E-state index contributed by atoms with van der Waals surface area (Å²) < 4.78 is 26.2.